The van der Waals surface area contributed by atoms with Crippen LogP contribution in [0.3, 0.4) is 0 Å². The summed E-state index contributed by atoms with van der Waals surface area (Å²) < 4.78 is 10.8. The lowest BCUT2D eigenvalue weighted by molar-refractivity contribution is 0.0696. The summed E-state index contributed by atoms with van der Waals surface area (Å²) in [4.78, 5) is 13.2. The number of ether oxygens (including phenoxy) is 2. The molecule has 0 aliphatic heterocycles. The van der Waals surface area contributed by atoms with Gasteiger partial charge in [0.1, 0.15) is 0 Å². The van der Waals surface area contributed by atoms with E-state index in [-0.39, 0.29) is 0 Å². The molecule has 0 spiro atoms. The normalized spacial score (nSPS) is 10.6. The molecular weight excluding hydrogens is 270 g/mol. The van der Waals surface area contributed by atoms with Gasteiger partial charge in [-0.3, -0.25) is 0 Å². The van der Waals surface area contributed by atoms with Gasteiger partial charge in [0.15, 0.2) is 0 Å². The average Bonchev–Trinajstić information content (AvgIpc) is 2.45. The van der Waals surface area contributed by atoms with Crippen LogP contribution in [0.15, 0.2) is 18.2 Å². The number of hydrogen-bond acceptors (Lipinski definition) is 4. The van der Waals surface area contributed by atoms with Crippen LogP contribution >= 0.6 is 0 Å². The van der Waals surface area contributed by atoms with E-state index in [9.17, 15) is 4.79 Å². The summed E-state index contributed by atoms with van der Waals surface area (Å²) >= 11 is 0. The van der Waals surface area contributed by atoms with Gasteiger partial charge in [-0.2, -0.15) is 0 Å². The Balaban J connectivity index is 2.80. The topological polar surface area (TPSA) is 59.0 Å². The van der Waals surface area contributed by atoms with E-state index in [1.807, 2.05) is 32.9 Å². The Hall–Kier alpha value is -1.59. The largest absolute Gasteiger partial charge is 0.478 e. The van der Waals surface area contributed by atoms with Crippen LogP contribution < -0.4 is 4.90 Å². The first kappa shape index (κ1) is 17.5. The van der Waals surface area contributed by atoms with Gasteiger partial charge in [-0.1, -0.05) is 0 Å². The monoisotopic (exact) mass is 295 g/mol. The van der Waals surface area contributed by atoms with Crippen LogP contribution in [0.5, 0.6) is 0 Å². The molecule has 0 atom stereocenters. The maximum atomic E-state index is 11.1. The van der Waals surface area contributed by atoms with Crippen LogP contribution in [0.1, 0.15) is 29.8 Å². The molecule has 1 N–H and O–H groups in total. The second-order valence-corrected chi connectivity index (χ2v) is 4.69. The number of benzene rings is 1. The highest BCUT2D eigenvalue weighted by atomic mass is 16.5. The molecule has 0 aliphatic rings. The van der Waals surface area contributed by atoms with Gasteiger partial charge in [-0.25, -0.2) is 4.79 Å². The molecule has 0 bridgehead atoms. The summed E-state index contributed by atoms with van der Waals surface area (Å²) in [5.74, 6) is -0.894. The van der Waals surface area contributed by atoms with Crippen molar-refractivity contribution in [2.24, 2.45) is 0 Å². The standard InChI is InChI=1S/C16H25NO4/c1-4-20-10-8-17(9-11-21-5-2)14-6-7-15(16(18)19)13(3)12-14/h6-7,12H,4-5,8-11H2,1-3H3,(H,18,19). The fourth-order valence-electron chi connectivity index (χ4n) is 2.09. The van der Waals surface area contributed by atoms with Crippen LogP contribution in [-0.2, 0) is 9.47 Å². The number of nitrogens with zero attached hydrogens (tertiary/aromatic N) is 1. The molecule has 1 aromatic carbocycles. The lowest BCUT2D eigenvalue weighted by atomic mass is 10.1. The molecular formula is C16H25NO4. The van der Waals surface area contributed by atoms with Crippen molar-refractivity contribution in [1.82, 2.24) is 0 Å². The van der Waals surface area contributed by atoms with Gasteiger partial charge in [-0.05, 0) is 44.5 Å². The summed E-state index contributed by atoms with van der Waals surface area (Å²) in [5.41, 5.74) is 2.10. The van der Waals surface area contributed by atoms with E-state index in [0.29, 0.717) is 32.0 Å². The Kier molecular flexibility index (Phi) is 7.79. The molecule has 0 saturated heterocycles. The summed E-state index contributed by atoms with van der Waals surface area (Å²) in [6.45, 7) is 9.93. The molecule has 0 fully saturated rings. The van der Waals surface area contributed by atoms with Gasteiger partial charge in [-0.15, -0.1) is 0 Å². The van der Waals surface area contributed by atoms with E-state index in [2.05, 4.69) is 4.90 Å². The van der Waals surface area contributed by atoms with Crippen molar-refractivity contribution in [2.75, 3.05) is 44.4 Å². The van der Waals surface area contributed by atoms with Gasteiger partial charge < -0.3 is 19.5 Å². The molecule has 5 heteroatoms. The van der Waals surface area contributed by atoms with Gasteiger partial charge in [0.2, 0.25) is 0 Å². The van der Waals surface area contributed by atoms with E-state index < -0.39 is 5.97 Å². The van der Waals surface area contributed by atoms with Crippen molar-refractivity contribution < 1.29 is 19.4 Å². The summed E-state index contributed by atoms with van der Waals surface area (Å²) in [7, 11) is 0. The van der Waals surface area contributed by atoms with Crippen molar-refractivity contribution in [3.63, 3.8) is 0 Å². The highest BCUT2D eigenvalue weighted by Crippen LogP contribution is 2.19. The molecule has 0 aromatic heterocycles. The van der Waals surface area contributed by atoms with Gasteiger partial charge in [0.05, 0.1) is 18.8 Å². The summed E-state index contributed by atoms with van der Waals surface area (Å²) in [6, 6.07) is 5.40. The predicted octanol–water partition coefficient (Wildman–Crippen LogP) is 2.57. The highest BCUT2D eigenvalue weighted by molar-refractivity contribution is 5.89. The Morgan fingerprint density at radius 2 is 1.71 bits per heavy atom. The van der Waals surface area contributed by atoms with Crippen LogP contribution in [0.4, 0.5) is 5.69 Å². The Morgan fingerprint density at radius 3 is 2.14 bits per heavy atom. The maximum absolute atomic E-state index is 11.1. The molecule has 0 aliphatic carbocycles. The third-order valence-corrected chi connectivity index (χ3v) is 3.22. The first-order valence-electron chi connectivity index (χ1n) is 7.34. The van der Waals surface area contributed by atoms with Gasteiger partial charge in [0.25, 0.3) is 0 Å². The molecule has 0 heterocycles. The van der Waals surface area contributed by atoms with E-state index in [1.165, 1.54) is 0 Å². The first-order chi connectivity index (χ1) is 10.1. The number of hydrogen-bond donors (Lipinski definition) is 1. The third-order valence-electron chi connectivity index (χ3n) is 3.22. The molecule has 21 heavy (non-hydrogen) atoms. The minimum atomic E-state index is -0.894. The number of carbonyl (C=O) groups is 1. The lowest BCUT2D eigenvalue weighted by Gasteiger charge is -2.25. The first-order valence-corrected chi connectivity index (χ1v) is 7.34. The number of aromatic carboxylic acids is 1. The number of aryl methyl sites for hydroxylation is 1. The summed E-state index contributed by atoms with van der Waals surface area (Å²) in [6.07, 6.45) is 0. The van der Waals surface area contributed by atoms with Crippen LogP contribution in [-0.4, -0.2) is 50.6 Å². The zero-order chi connectivity index (χ0) is 15.7. The van der Waals surface area contributed by atoms with E-state index in [0.717, 1.165) is 24.3 Å². The SMILES string of the molecule is CCOCCN(CCOCC)c1ccc(C(=O)O)c(C)c1. The van der Waals surface area contributed by atoms with Crippen LogP contribution in [0.2, 0.25) is 0 Å². The summed E-state index contributed by atoms with van der Waals surface area (Å²) in [5, 5.41) is 9.09. The predicted molar refractivity (Wildman–Crippen MR) is 83.3 cm³/mol. The Bertz CT molecular complexity index is 438. The smallest absolute Gasteiger partial charge is 0.335 e. The minimum absolute atomic E-state index is 0.341. The molecule has 0 radical (unpaired) electrons. The van der Waals surface area contributed by atoms with E-state index in [4.69, 9.17) is 14.6 Å². The quantitative estimate of drug-likeness (QED) is 0.672. The molecule has 1 aromatic rings. The van der Waals surface area contributed by atoms with Crippen molar-refractivity contribution in [2.45, 2.75) is 20.8 Å². The lowest BCUT2D eigenvalue weighted by Crippen LogP contribution is -2.31. The van der Waals surface area contributed by atoms with Crippen molar-refractivity contribution in [3.05, 3.63) is 29.3 Å². The highest BCUT2D eigenvalue weighted by Gasteiger charge is 2.11. The number of rotatable bonds is 10. The van der Waals surface area contributed by atoms with Crippen LogP contribution in [0.25, 0.3) is 0 Å². The molecule has 1 rings (SSSR count). The molecule has 0 unspecified atom stereocenters. The van der Waals surface area contributed by atoms with E-state index >= 15 is 0 Å². The third kappa shape index (κ3) is 5.73. The van der Waals surface area contributed by atoms with Crippen molar-refractivity contribution in [1.29, 1.82) is 0 Å². The molecule has 118 valence electrons. The molecule has 0 amide bonds. The number of carboxylic acids is 1. The second kappa shape index (κ2) is 9.37. The fraction of sp³-hybridized carbons (Fsp3) is 0.562. The molecule has 5 nitrogen and oxygen atoms in total. The zero-order valence-electron chi connectivity index (χ0n) is 13.1. The number of carboxylic acid groups (broad SMARTS) is 1. The van der Waals surface area contributed by atoms with Crippen molar-refractivity contribution in [3.8, 4) is 0 Å². The Labute approximate surface area is 126 Å². The maximum Gasteiger partial charge on any atom is 0.335 e. The van der Waals surface area contributed by atoms with Gasteiger partial charge >= 0.3 is 5.97 Å². The zero-order valence-corrected chi connectivity index (χ0v) is 13.1. The average molecular weight is 295 g/mol. The Morgan fingerprint density at radius 1 is 1.14 bits per heavy atom. The van der Waals surface area contributed by atoms with Crippen molar-refractivity contribution >= 4 is 11.7 Å². The number of anilines is 1. The van der Waals surface area contributed by atoms with Gasteiger partial charge in [0, 0.05) is 32.0 Å². The minimum Gasteiger partial charge on any atom is -0.478 e. The second-order valence-electron chi connectivity index (χ2n) is 4.69. The van der Waals surface area contributed by atoms with Crippen LogP contribution in [0, 0.1) is 6.92 Å². The molecule has 0 saturated carbocycles. The van der Waals surface area contributed by atoms with E-state index in [1.54, 1.807) is 6.07 Å². The fourth-order valence-corrected chi connectivity index (χ4v) is 2.09.